The average molecular weight is 468 g/mol. The Kier molecular flexibility index (Phi) is 5.29. The van der Waals surface area contributed by atoms with Crippen LogP contribution in [0.3, 0.4) is 0 Å². The lowest BCUT2D eigenvalue weighted by molar-refractivity contribution is -0.138. The molecular formula is C21H19F3N2O5S. The zero-order valence-corrected chi connectivity index (χ0v) is 17.5. The van der Waals surface area contributed by atoms with Gasteiger partial charge in [0.1, 0.15) is 6.54 Å². The second-order valence-electron chi connectivity index (χ2n) is 7.81. The van der Waals surface area contributed by atoms with Crippen LogP contribution in [0, 0.1) is 0 Å². The van der Waals surface area contributed by atoms with Gasteiger partial charge in [0.05, 0.1) is 15.9 Å². The van der Waals surface area contributed by atoms with E-state index in [2.05, 4.69) is 0 Å². The number of carboxylic acids is 1. The molecule has 7 nitrogen and oxygen atoms in total. The number of nitrogens with zero attached hydrogens (tertiary/aromatic N) is 2. The number of hydrogen-bond donors (Lipinski definition) is 1. The number of carboxylic acid groups (broad SMARTS) is 1. The van der Waals surface area contributed by atoms with Crippen LogP contribution in [-0.2, 0) is 31.2 Å². The zero-order valence-electron chi connectivity index (χ0n) is 16.7. The van der Waals surface area contributed by atoms with E-state index in [0.29, 0.717) is 17.3 Å². The maximum Gasteiger partial charge on any atom is 0.416 e. The van der Waals surface area contributed by atoms with E-state index in [1.54, 1.807) is 24.3 Å². The third-order valence-electron chi connectivity index (χ3n) is 6.03. The standard InChI is InChI=1S/C21H19F3N2O5S/c22-21(23,24)14-4-3-5-15(12-14)32(30,31)25-10-8-20(9-11-25)16-6-1-2-7-17(16)26(19(20)29)13-18(27)28/h1-7,12H,8-11,13H2,(H,27,28). The molecular weight excluding hydrogens is 449 g/mol. The number of carbonyl (C=O) groups is 2. The van der Waals surface area contributed by atoms with E-state index in [1.807, 2.05) is 0 Å². The van der Waals surface area contributed by atoms with Gasteiger partial charge in [-0.2, -0.15) is 17.5 Å². The second-order valence-corrected chi connectivity index (χ2v) is 9.75. The average Bonchev–Trinajstić information content (AvgIpc) is 2.96. The zero-order chi connectivity index (χ0) is 23.3. The number of para-hydroxylation sites is 1. The van der Waals surface area contributed by atoms with Gasteiger partial charge in [0.25, 0.3) is 0 Å². The normalized spacial score (nSPS) is 18.7. The molecule has 2 aromatic rings. The first kappa shape index (κ1) is 22.3. The van der Waals surface area contributed by atoms with Crippen LogP contribution in [0.15, 0.2) is 53.4 Å². The number of hydrogen-bond acceptors (Lipinski definition) is 4. The molecule has 11 heteroatoms. The number of alkyl halides is 3. The predicted octanol–water partition coefficient (Wildman–Crippen LogP) is 2.86. The Morgan fingerprint density at radius 1 is 1.06 bits per heavy atom. The Morgan fingerprint density at radius 3 is 2.34 bits per heavy atom. The van der Waals surface area contributed by atoms with Crippen molar-refractivity contribution in [3.63, 3.8) is 0 Å². The molecule has 1 fully saturated rings. The summed E-state index contributed by atoms with van der Waals surface area (Å²) in [5, 5.41) is 9.20. The number of amides is 1. The molecule has 2 heterocycles. The number of rotatable bonds is 4. The molecule has 0 bridgehead atoms. The minimum absolute atomic E-state index is 0.0838. The summed E-state index contributed by atoms with van der Waals surface area (Å²) in [6, 6.07) is 10.3. The molecule has 2 aliphatic rings. The molecule has 1 saturated heterocycles. The van der Waals surface area contributed by atoms with E-state index in [4.69, 9.17) is 0 Å². The summed E-state index contributed by atoms with van der Waals surface area (Å²) < 4.78 is 66.1. The van der Waals surface area contributed by atoms with Gasteiger partial charge < -0.3 is 10.0 Å². The van der Waals surface area contributed by atoms with Crippen molar-refractivity contribution >= 4 is 27.6 Å². The Hall–Kier alpha value is -2.92. The van der Waals surface area contributed by atoms with Gasteiger partial charge >= 0.3 is 12.1 Å². The fourth-order valence-corrected chi connectivity index (χ4v) is 5.95. The molecule has 0 aliphatic carbocycles. The first-order valence-corrected chi connectivity index (χ1v) is 11.2. The summed E-state index contributed by atoms with van der Waals surface area (Å²) in [5.74, 6) is -1.58. The Labute approximate surface area is 182 Å². The molecule has 32 heavy (non-hydrogen) atoms. The summed E-state index contributed by atoms with van der Waals surface area (Å²) in [4.78, 5) is 25.2. The fraction of sp³-hybridized carbons (Fsp3) is 0.333. The van der Waals surface area contributed by atoms with Crippen molar-refractivity contribution < 1.29 is 36.3 Å². The van der Waals surface area contributed by atoms with Crippen molar-refractivity contribution in [2.75, 3.05) is 24.5 Å². The van der Waals surface area contributed by atoms with E-state index in [9.17, 15) is 36.3 Å². The Bertz CT molecular complexity index is 1190. The van der Waals surface area contributed by atoms with Gasteiger partial charge in [0.15, 0.2) is 0 Å². The maximum atomic E-state index is 13.2. The van der Waals surface area contributed by atoms with E-state index < -0.39 is 50.5 Å². The van der Waals surface area contributed by atoms with Gasteiger partial charge in [-0.05, 0) is 42.7 Å². The molecule has 4 rings (SSSR count). The Morgan fingerprint density at radius 2 is 1.72 bits per heavy atom. The third kappa shape index (κ3) is 3.55. The highest BCUT2D eigenvalue weighted by molar-refractivity contribution is 7.89. The number of aliphatic carboxylic acids is 1. The smallest absolute Gasteiger partial charge is 0.416 e. The van der Waals surface area contributed by atoms with Gasteiger partial charge in [-0.3, -0.25) is 9.59 Å². The molecule has 1 N–H and O–H groups in total. The number of anilines is 1. The van der Waals surface area contributed by atoms with Crippen molar-refractivity contribution in [1.29, 1.82) is 0 Å². The van der Waals surface area contributed by atoms with Gasteiger partial charge in [-0.25, -0.2) is 8.42 Å². The third-order valence-corrected chi connectivity index (χ3v) is 7.93. The van der Waals surface area contributed by atoms with Crippen LogP contribution in [0.25, 0.3) is 0 Å². The minimum Gasteiger partial charge on any atom is -0.480 e. The molecule has 2 aliphatic heterocycles. The van der Waals surface area contributed by atoms with Crippen LogP contribution in [0.2, 0.25) is 0 Å². The van der Waals surface area contributed by atoms with Crippen molar-refractivity contribution in [2.45, 2.75) is 29.3 Å². The summed E-state index contributed by atoms with van der Waals surface area (Å²) >= 11 is 0. The van der Waals surface area contributed by atoms with Crippen LogP contribution in [0.5, 0.6) is 0 Å². The summed E-state index contributed by atoms with van der Waals surface area (Å²) in [6.45, 7) is -0.678. The largest absolute Gasteiger partial charge is 0.480 e. The summed E-state index contributed by atoms with van der Waals surface area (Å²) in [6.07, 6.45) is -4.49. The molecule has 1 amide bonds. The molecule has 170 valence electrons. The lowest BCUT2D eigenvalue weighted by atomic mass is 9.74. The SMILES string of the molecule is O=C(O)CN1C(=O)C2(CCN(S(=O)(=O)c3cccc(C(F)(F)F)c3)CC2)c2ccccc21. The predicted molar refractivity (Wildman–Crippen MR) is 108 cm³/mol. The van der Waals surface area contributed by atoms with Crippen LogP contribution in [0.4, 0.5) is 18.9 Å². The van der Waals surface area contributed by atoms with Crippen LogP contribution in [-0.4, -0.2) is 49.3 Å². The van der Waals surface area contributed by atoms with E-state index in [-0.39, 0.29) is 25.9 Å². The highest BCUT2D eigenvalue weighted by atomic mass is 32.2. The van der Waals surface area contributed by atoms with Crippen molar-refractivity contribution in [3.8, 4) is 0 Å². The number of fused-ring (bicyclic) bond motifs is 2. The molecule has 0 aromatic heterocycles. The number of benzene rings is 2. The number of carbonyl (C=O) groups excluding carboxylic acids is 1. The summed E-state index contributed by atoms with van der Waals surface area (Å²) in [5.41, 5.74) is -1.00. The van der Waals surface area contributed by atoms with E-state index in [1.165, 1.54) is 4.90 Å². The molecule has 0 saturated carbocycles. The minimum atomic E-state index is -4.68. The first-order chi connectivity index (χ1) is 15.0. The molecule has 0 atom stereocenters. The maximum absolute atomic E-state index is 13.2. The summed E-state index contributed by atoms with van der Waals surface area (Å²) in [7, 11) is -4.20. The van der Waals surface area contributed by atoms with Gasteiger partial charge in [-0.15, -0.1) is 0 Å². The topological polar surface area (TPSA) is 95.0 Å². The molecule has 1 spiro atoms. The van der Waals surface area contributed by atoms with E-state index >= 15 is 0 Å². The lowest BCUT2D eigenvalue weighted by Gasteiger charge is -2.37. The first-order valence-electron chi connectivity index (χ1n) is 9.77. The number of sulfonamides is 1. The van der Waals surface area contributed by atoms with Crippen LogP contribution >= 0.6 is 0 Å². The van der Waals surface area contributed by atoms with Gasteiger partial charge in [0, 0.05) is 18.8 Å². The van der Waals surface area contributed by atoms with Crippen LogP contribution in [0.1, 0.15) is 24.0 Å². The molecule has 2 aromatic carbocycles. The van der Waals surface area contributed by atoms with Gasteiger partial charge in [-0.1, -0.05) is 24.3 Å². The monoisotopic (exact) mass is 468 g/mol. The number of piperidine rings is 1. The highest BCUT2D eigenvalue weighted by Gasteiger charge is 2.53. The molecule has 0 radical (unpaired) electrons. The van der Waals surface area contributed by atoms with Crippen LogP contribution < -0.4 is 4.90 Å². The second kappa shape index (κ2) is 7.59. The Balaban J connectivity index is 1.62. The van der Waals surface area contributed by atoms with Crippen molar-refractivity contribution in [2.24, 2.45) is 0 Å². The quantitative estimate of drug-likeness (QED) is 0.745. The fourth-order valence-electron chi connectivity index (χ4n) is 4.46. The molecule has 0 unspecified atom stereocenters. The van der Waals surface area contributed by atoms with Gasteiger partial charge in [0.2, 0.25) is 15.9 Å². The van der Waals surface area contributed by atoms with Crippen molar-refractivity contribution in [1.82, 2.24) is 4.31 Å². The van der Waals surface area contributed by atoms with E-state index in [0.717, 1.165) is 22.5 Å². The number of halogens is 3. The highest BCUT2D eigenvalue weighted by Crippen LogP contribution is 2.48. The lowest BCUT2D eigenvalue weighted by Crippen LogP contribution is -2.50. The van der Waals surface area contributed by atoms with Crippen molar-refractivity contribution in [3.05, 3.63) is 59.7 Å².